The lowest BCUT2D eigenvalue weighted by Crippen LogP contribution is -2.22. The molecule has 1 aromatic carbocycles. The van der Waals surface area contributed by atoms with Gasteiger partial charge >= 0.3 is 0 Å². The first-order chi connectivity index (χ1) is 7.17. The van der Waals surface area contributed by atoms with Gasteiger partial charge in [-0.1, -0.05) is 11.6 Å². The number of rotatable bonds is 5. The van der Waals surface area contributed by atoms with Gasteiger partial charge in [0.1, 0.15) is 18.2 Å². The summed E-state index contributed by atoms with van der Waals surface area (Å²) in [5, 5.41) is 0.0670. The molecule has 0 aromatic heterocycles. The number of methoxy groups -OCH3 is 2. The van der Waals surface area contributed by atoms with Gasteiger partial charge in [-0.3, -0.25) is 0 Å². The van der Waals surface area contributed by atoms with Crippen molar-refractivity contribution in [3.05, 3.63) is 29.0 Å². The number of hydrogen-bond donors (Lipinski definition) is 0. The fourth-order valence-corrected chi connectivity index (χ4v) is 1.08. The second-order valence-corrected chi connectivity index (χ2v) is 3.20. The molecule has 0 amide bonds. The van der Waals surface area contributed by atoms with E-state index < -0.39 is 12.1 Å². The summed E-state index contributed by atoms with van der Waals surface area (Å²) < 4.78 is 28.0. The highest BCUT2D eigenvalue weighted by Crippen LogP contribution is 2.20. The summed E-state index contributed by atoms with van der Waals surface area (Å²) in [6.45, 7) is 0.189. The highest BCUT2D eigenvalue weighted by Gasteiger charge is 2.07. The minimum atomic E-state index is -0.513. The lowest BCUT2D eigenvalue weighted by Gasteiger charge is -2.14. The molecule has 0 N–H and O–H groups in total. The van der Waals surface area contributed by atoms with E-state index in [0.29, 0.717) is 5.75 Å². The van der Waals surface area contributed by atoms with E-state index in [0.717, 1.165) is 0 Å². The SMILES string of the molecule is COC(COc1ccc(Cl)c(F)c1)OC. The molecule has 0 heterocycles. The maximum Gasteiger partial charge on any atom is 0.191 e. The first-order valence-corrected chi connectivity index (χ1v) is 4.68. The van der Waals surface area contributed by atoms with Crippen LogP contribution in [0.3, 0.4) is 0 Å². The molecule has 3 nitrogen and oxygen atoms in total. The molecule has 0 atom stereocenters. The third kappa shape index (κ3) is 3.66. The van der Waals surface area contributed by atoms with Gasteiger partial charge in [-0.2, -0.15) is 0 Å². The summed E-state index contributed by atoms with van der Waals surface area (Å²) in [6.07, 6.45) is -0.469. The summed E-state index contributed by atoms with van der Waals surface area (Å²) in [4.78, 5) is 0. The molecule has 0 aliphatic rings. The van der Waals surface area contributed by atoms with Crippen molar-refractivity contribution >= 4 is 11.6 Å². The summed E-state index contributed by atoms with van der Waals surface area (Å²) >= 11 is 5.52. The molecule has 0 unspecified atom stereocenters. The van der Waals surface area contributed by atoms with Gasteiger partial charge in [-0.05, 0) is 12.1 Å². The Labute approximate surface area is 92.7 Å². The molecule has 0 saturated carbocycles. The largest absolute Gasteiger partial charge is 0.488 e. The molecular formula is C10H12ClFO3. The normalized spacial score (nSPS) is 10.7. The molecule has 0 saturated heterocycles. The Morgan fingerprint density at radius 1 is 1.33 bits per heavy atom. The van der Waals surface area contributed by atoms with Crippen molar-refractivity contribution in [3.63, 3.8) is 0 Å². The van der Waals surface area contributed by atoms with Gasteiger partial charge < -0.3 is 14.2 Å². The predicted molar refractivity (Wildman–Crippen MR) is 54.7 cm³/mol. The first kappa shape index (κ1) is 12.2. The molecule has 1 aromatic rings. The minimum Gasteiger partial charge on any atom is -0.488 e. The van der Waals surface area contributed by atoms with Crippen molar-refractivity contribution < 1.29 is 18.6 Å². The monoisotopic (exact) mass is 234 g/mol. The molecule has 0 spiro atoms. The molecule has 0 fully saturated rings. The van der Waals surface area contributed by atoms with Gasteiger partial charge in [0.2, 0.25) is 0 Å². The molecule has 0 radical (unpaired) electrons. The van der Waals surface area contributed by atoms with Gasteiger partial charge in [0.05, 0.1) is 5.02 Å². The Morgan fingerprint density at radius 2 is 2.00 bits per heavy atom. The van der Waals surface area contributed by atoms with E-state index in [1.54, 1.807) is 6.07 Å². The third-order valence-electron chi connectivity index (χ3n) is 1.80. The van der Waals surface area contributed by atoms with E-state index in [4.69, 9.17) is 25.8 Å². The highest BCUT2D eigenvalue weighted by molar-refractivity contribution is 6.30. The van der Waals surface area contributed by atoms with Gasteiger partial charge in [0.15, 0.2) is 6.29 Å². The second kappa shape index (κ2) is 5.90. The van der Waals surface area contributed by atoms with Crippen LogP contribution in [0.25, 0.3) is 0 Å². The standard InChI is InChI=1S/C10H12ClFO3/c1-13-10(14-2)6-15-7-3-4-8(11)9(12)5-7/h3-5,10H,6H2,1-2H3. The van der Waals surface area contributed by atoms with Crippen LogP contribution in [0.2, 0.25) is 5.02 Å². The molecule has 84 valence electrons. The molecule has 0 aliphatic heterocycles. The van der Waals surface area contributed by atoms with Crippen molar-refractivity contribution in [2.24, 2.45) is 0 Å². The van der Waals surface area contributed by atoms with Crippen LogP contribution >= 0.6 is 11.6 Å². The maximum atomic E-state index is 13.0. The minimum absolute atomic E-state index is 0.0670. The summed E-state index contributed by atoms with van der Waals surface area (Å²) in [5.74, 6) is -0.128. The lowest BCUT2D eigenvalue weighted by molar-refractivity contribution is -0.122. The molecule has 5 heteroatoms. The topological polar surface area (TPSA) is 27.7 Å². The van der Waals surface area contributed by atoms with Gasteiger partial charge in [-0.15, -0.1) is 0 Å². The molecule has 15 heavy (non-hydrogen) atoms. The Balaban J connectivity index is 2.54. The fraction of sp³-hybridized carbons (Fsp3) is 0.400. The van der Waals surface area contributed by atoms with E-state index in [2.05, 4.69) is 0 Å². The Kier molecular flexibility index (Phi) is 4.81. The smallest absolute Gasteiger partial charge is 0.191 e. The molecule has 1 rings (SSSR count). The van der Waals surface area contributed by atoms with Gasteiger partial charge in [-0.25, -0.2) is 4.39 Å². The van der Waals surface area contributed by atoms with Crippen LogP contribution in [0, 0.1) is 5.82 Å². The summed E-state index contributed by atoms with van der Waals surface area (Å²) in [6, 6.07) is 4.22. The third-order valence-corrected chi connectivity index (χ3v) is 2.11. The number of halogens is 2. The van der Waals surface area contributed by atoms with Crippen molar-refractivity contribution in [2.75, 3.05) is 20.8 Å². The zero-order valence-electron chi connectivity index (χ0n) is 8.50. The average Bonchev–Trinajstić information content (AvgIpc) is 2.24. The van der Waals surface area contributed by atoms with E-state index >= 15 is 0 Å². The average molecular weight is 235 g/mol. The van der Waals surface area contributed by atoms with Crippen LogP contribution < -0.4 is 4.74 Å². The zero-order valence-corrected chi connectivity index (χ0v) is 9.25. The van der Waals surface area contributed by atoms with E-state index in [-0.39, 0.29) is 11.6 Å². The van der Waals surface area contributed by atoms with Crippen molar-refractivity contribution in [3.8, 4) is 5.75 Å². The van der Waals surface area contributed by atoms with E-state index in [1.165, 1.54) is 26.4 Å². The molecule has 0 aliphatic carbocycles. The second-order valence-electron chi connectivity index (χ2n) is 2.79. The first-order valence-electron chi connectivity index (χ1n) is 4.30. The van der Waals surface area contributed by atoms with Crippen LogP contribution in [0.1, 0.15) is 0 Å². The van der Waals surface area contributed by atoms with Gasteiger partial charge in [0, 0.05) is 20.3 Å². The van der Waals surface area contributed by atoms with Crippen molar-refractivity contribution in [1.29, 1.82) is 0 Å². The Bertz CT molecular complexity index is 316. The predicted octanol–water partition coefficient (Wildman–Crippen LogP) is 2.48. The van der Waals surface area contributed by atoms with E-state index in [9.17, 15) is 4.39 Å². The Morgan fingerprint density at radius 3 is 2.53 bits per heavy atom. The summed E-state index contributed by atoms with van der Waals surface area (Å²) in [5.41, 5.74) is 0. The van der Waals surface area contributed by atoms with Crippen LogP contribution in [-0.4, -0.2) is 27.1 Å². The summed E-state index contributed by atoms with van der Waals surface area (Å²) in [7, 11) is 3.00. The number of benzene rings is 1. The van der Waals surface area contributed by atoms with Crippen LogP contribution in [0.4, 0.5) is 4.39 Å². The van der Waals surface area contributed by atoms with Crippen LogP contribution in [-0.2, 0) is 9.47 Å². The van der Waals surface area contributed by atoms with Crippen LogP contribution in [0.15, 0.2) is 18.2 Å². The van der Waals surface area contributed by atoms with E-state index in [1.807, 2.05) is 0 Å². The Hall–Kier alpha value is -0.840. The fourth-order valence-electron chi connectivity index (χ4n) is 0.963. The number of ether oxygens (including phenoxy) is 3. The quantitative estimate of drug-likeness (QED) is 0.733. The van der Waals surface area contributed by atoms with Crippen molar-refractivity contribution in [2.45, 2.75) is 6.29 Å². The van der Waals surface area contributed by atoms with Gasteiger partial charge in [0.25, 0.3) is 0 Å². The lowest BCUT2D eigenvalue weighted by atomic mass is 10.3. The molecular weight excluding hydrogens is 223 g/mol. The van der Waals surface area contributed by atoms with Crippen LogP contribution in [0.5, 0.6) is 5.75 Å². The maximum absolute atomic E-state index is 13.0. The highest BCUT2D eigenvalue weighted by atomic mass is 35.5. The zero-order chi connectivity index (χ0) is 11.3. The number of hydrogen-bond acceptors (Lipinski definition) is 3. The van der Waals surface area contributed by atoms with Crippen molar-refractivity contribution in [1.82, 2.24) is 0 Å². The molecule has 0 bridgehead atoms.